The fourth-order valence-corrected chi connectivity index (χ4v) is 2.30. The number of nitrogens with zero attached hydrogens (tertiary/aromatic N) is 1. The second kappa shape index (κ2) is 4.09. The largest absolute Gasteiger partial charge is 0.294 e. The zero-order valence-electron chi connectivity index (χ0n) is 9.71. The number of hydrogen-bond acceptors (Lipinski definition) is 2. The summed E-state index contributed by atoms with van der Waals surface area (Å²) in [6.07, 6.45) is 2.10. The van der Waals surface area contributed by atoms with Crippen molar-refractivity contribution in [1.29, 1.82) is 5.26 Å². The molecule has 1 aromatic rings. The van der Waals surface area contributed by atoms with Crippen LogP contribution in [0, 0.1) is 31.1 Å². The molecule has 0 radical (unpaired) electrons. The fraction of sp³-hybridized carbons (Fsp3) is 0.429. The summed E-state index contributed by atoms with van der Waals surface area (Å²) in [4.78, 5) is 12.1. The highest BCUT2D eigenvalue weighted by atomic mass is 16.1. The first-order valence-corrected chi connectivity index (χ1v) is 5.64. The van der Waals surface area contributed by atoms with Crippen molar-refractivity contribution in [2.24, 2.45) is 5.92 Å². The van der Waals surface area contributed by atoms with E-state index in [0.29, 0.717) is 6.42 Å². The van der Waals surface area contributed by atoms with Crippen LogP contribution in [0.25, 0.3) is 0 Å². The van der Waals surface area contributed by atoms with Crippen LogP contribution in [0.2, 0.25) is 0 Å². The molecular weight excluding hydrogens is 198 g/mol. The minimum atomic E-state index is -0.0837. The molecule has 0 aliphatic heterocycles. The van der Waals surface area contributed by atoms with Crippen LogP contribution in [0.3, 0.4) is 0 Å². The molecule has 16 heavy (non-hydrogen) atoms. The van der Waals surface area contributed by atoms with Gasteiger partial charge in [0.2, 0.25) is 0 Å². The van der Waals surface area contributed by atoms with Gasteiger partial charge in [0.1, 0.15) is 0 Å². The zero-order chi connectivity index (χ0) is 11.7. The second-order valence-electron chi connectivity index (χ2n) is 4.56. The number of ketones is 1. The highest BCUT2D eigenvalue weighted by Crippen LogP contribution is 2.29. The summed E-state index contributed by atoms with van der Waals surface area (Å²) in [6, 6.07) is 6.20. The fourth-order valence-electron chi connectivity index (χ4n) is 2.30. The zero-order valence-corrected chi connectivity index (χ0v) is 9.71. The van der Waals surface area contributed by atoms with Gasteiger partial charge in [-0.05, 0) is 49.4 Å². The quantitative estimate of drug-likeness (QED) is 0.719. The Balaban J connectivity index is 2.42. The third-order valence-corrected chi connectivity index (χ3v) is 3.46. The lowest BCUT2D eigenvalue weighted by molar-refractivity contribution is 0.0904. The normalized spacial score (nSPS) is 19.1. The van der Waals surface area contributed by atoms with E-state index in [1.54, 1.807) is 0 Å². The van der Waals surface area contributed by atoms with E-state index in [1.807, 2.05) is 13.0 Å². The van der Waals surface area contributed by atoms with E-state index in [0.717, 1.165) is 29.5 Å². The van der Waals surface area contributed by atoms with Gasteiger partial charge in [0.15, 0.2) is 5.78 Å². The Labute approximate surface area is 95.9 Å². The number of benzene rings is 1. The van der Waals surface area contributed by atoms with Crippen LogP contribution in [0.15, 0.2) is 12.1 Å². The van der Waals surface area contributed by atoms with Crippen molar-refractivity contribution in [1.82, 2.24) is 0 Å². The highest BCUT2D eigenvalue weighted by Gasteiger charge is 2.27. The van der Waals surface area contributed by atoms with Gasteiger partial charge in [-0.15, -0.1) is 0 Å². The number of rotatable bonds is 1. The predicted octanol–water partition coefficient (Wildman–Crippen LogP) is 2.96. The number of Topliss-reactive ketones (excluding diaryl/α,β-unsaturated/α-hetero) is 1. The Bertz CT molecular complexity index is 482. The van der Waals surface area contributed by atoms with E-state index < -0.39 is 0 Å². The van der Waals surface area contributed by atoms with Crippen molar-refractivity contribution in [2.75, 3.05) is 0 Å². The minimum Gasteiger partial charge on any atom is -0.294 e. The summed E-state index contributed by atoms with van der Waals surface area (Å²) in [5.41, 5.74) is 4.40. The van der Waals surface area contributed by atoms with E-state index in [4.69, 9.17) is 5.26 Å². The molecular formula is C14H15NO. The van der Waals surface area contributed by atoms with Gasteiger partial charge in [-0.25, -0.2) is 0 Å². The highest BCUT2D eigenvalue weighted by molar-refractivity contribution is 6.00. The van der Waals surface area contributed by atoms with Crippen LogP contribution in [0.4, 0.5) is 0 Å². The van der Waals surface area contributed by atoms with Gasteiger partial charge in [-0.3, -0.25) is 4.79 Å². The van der Waals surface area contributed by atoms with Crippen molar-refractivity contribution < 1.29 is 4.79 Å². The molecule has 0 N–H and O–H groups in total. The standard InChI is InChI=1S/C14H15NO/c1-9-7-12-4-3-11(5-6-15)14(16)13(12)8-10(9)2/h7-8,11H,3-5H2,1-2H3. The molecule has 1 atom stereocenters. The van der Waals surface area contributed by atoms with E-state index in [9.17, 15) is 4.79 Å². The number of nitriles is 1. The maximum Gasteiger partial charge on any atom is 0.167 e. The summed E-state index contributed by atoms with van der Waals surface area (Å²) in [5.74, 6) is 0.0745. The van der Waals surface area contributed by atoms with Crippen molar-refractivity contribution in [3.63, 3.8) is 0 Å². The Morgan fingerprint density at radius 1 is 1.38 bits per heavy atom. The van der Waals surface area contributed by atoms with Crippen molar-refractivity contribution in [2.45, 2.75) is 33.1 Å². The molecule has 0 saturated carbocycles. The number of carbonyl (C=O) groups excluding carboxylic acids is 1. The number of carbonyl (C=O) groups is 1. The molecule has 1 unspecified atom stereocenters. The Kier molecular flexibility index (Phi) is 2.78. The molecule has 1 aromatic carbocycles. The average Bonchev–Trinajstić information content (AvgIpc) is 2.26. The first-order chi connectivity index (χ1) is 7.63. The third kappa shape index (κ3) is 1.74. The van der Waals surface area contributed by atoms with Crippen molar-refractivity contribution >= 4 is 5.78 Å². The van der Waals surface area contributed by atoms with Gasteiger partial charge in [0, 0.05) is 17.9 Å². The molecule has 0 aromatic heterocycles. The number of hydrogen-bond donors (Lipinski definition) is 0. The summed E-state index contributed by atoms with van der Waals surface area (Å²) in [7, 11) is 0. The number of aryl methyl sites for hydroxylation is 3. The van der Waals surface area contributed by atoms with Gasteiger partial charge < -0.3 is 0 Å². The van der Waals surface area contributed by atoms with Crippen molar-refractivity contribution in [3.8, 4) is 6.07 Å². The molecule has 2 nitrogen and oxygen atoms in total. The summed E-state index contributed by atoms with van der Waals surface area (Å²) >= 11 is 0. The number of fused-ring (bicyclic) bond motifs is 1. The second-order valence-corrected chi connectivity index (χ2v) is 4.56. The maximum absolute atomic E-state index is 12.1. The van der Waals surface area contributed by atoms with E-state index in [1.165, 1.54) is 5.56 Å². The van der Waals surface area contributed by atoms with Gasteiger partial charge in [-0.1, -0.05) is 6.07 Å². The Hall–Kier alpha value is -1.62. The third-order valence-electron chi connectivity index (χ3n) is 3.46. The van der Waals surface area contributed by atoms with Crippen LogP contribution in [0.1, 0.15) is 39.9 Å². The first-order valence-electron chi connectivity index (χ1n) is 5.64. The van der Waals surface area contributed by atoms with E-state index in [2.05, 4.69) is 19.1 Å². The van der Waals surface area contributed by atoms with Gasteiger partial charge >= 0.3 is 0 Å². The molecule has 1 aliphatic carbocycles. The maximum atomic E-state index is 12.1. The van der Waals surface area contributed by atoms with Gasteiger partial charge in [-0.2, -0.15) is 5.26 Å². The summed E-state index contributed by atoms with van der Waals surface area (Å²) < 4.78 is 0. The minimum absolute atomic E-state index is 0.0837. The molecule has 2 heteroatoms. The molecule has 0 fully saturated rings. The monoisotopic (exact) mass is 213 g/mol. The van der Waals surface area contributed by atoms with Crippen LogP contribution in [0.5, 0.6) is 0 Å². The van der Waals surface area contributed by atoms with Crippen LogP contribution >= 0.6 is 0 Å². The molecule has 0 saturated heterocycles. The van der Waals surface area contributed by atoms with Gasteiger partial charge in [0.05, 0.1) is 6.07 Å². The van der Waals surface area contributed by atoms with E-state index in [-0.39, 0.29) is 11.7 Å². The molecule has 2 rings (SSSR count). The summed E-state index contributed by atoms with van der Waals surface area (Å²) in [6.45, 7) is 4.10. The lowest BCUT2D eigenvalue weighted by Gasteiger charge is -2.22. The molecule has 1 aliphatic rings. The molecule has 0 amide bonds. The lowest BCUT2D eigenvalue weighted by Crippen LogP contribution is -2.22. The SMILES string of the molecule is Cc1cc2c(cc1C)C(=O)C(CC#N)CC2. The predicted molar refractivity (Wildman–Crippen MR) is 62.3 cm³/mol. The molecule has 0 spiro atoms. The summed E-state index contributed by atoms with van der Waals surface area (Å²) in [5, 5.41) is 8.68. The van der Waals surface area contributed by atoms with Crippen LogP contribution < -0.4 is 0 Å². The topological polar surface area (TPSA) is 40.9 Å². The average molecular weight is 213 g/mol. The van der Waals surface area contributed by atoms with Gasteiger partial charge in [0.25, 0.3) is 0 Å². The molecule has 82 valence electrons. The van der Waals surface area contributed by atoms with Crippen molar-refractivity contribution in [3.05, 3.63) is 34.4 Å². The molecule has 0 bridgehead atoms. The Morgan fingerprint density at radius 2 is 2.06 bits per heavy atom. The molecule has 0 heterocycles. The lowest BCUT2D eigenvalue weighted by atomic mass is 9.80. The Morgan fingerprint density at radius 3 is 2.75 bits per heavy atom. The smallest absolute Gasteiger partial charge is 0.167 e. The van der Waals surface area contributed by atoms with Crippen LogP contribution in [-0.2, 0) is 6.42 Å². The van der Waals surface area contributed by atoms with E-state index >= 15 is 0 Å². The van der Waals surface area contributed by atoms with Crippen LogP contribution in [-0.4, -0.2) is 5.78 Å². The first kappa shape index (κ1) is 10.9.